The van der Waals surface area contributed by atoms with E-state index in [1.807, 2.05) is 285 Å². The Morgan fingerprint density at radius 3 is 1.12 bits per heavy atom. The van der Waals surface area contributed by atoms with Gasteiger partial charge in [-0.05, 0) is 289 Å². The van der Waals surface area contributed by atoms with Crippen molar-refractivity contribution in [2.75, 3.05) is 0 Å². The van der Waals surface area contributed by atoms with Crippen molar-refractivity contribution in [1.29, 1.82) is 0 Å². The van der Waals surface area contributed by atoms with Crippen LogP contribution in [0.15, 0.2) is 468 Å². The highest BCUT2D eigenvalue weighted by Crippen LogP contribution is 2.54. The summed E-state index contributed by atoms with van der Waals surface area (Å²) in [6, 6.07) is 94.6. The number of rotatable bonds is 9. The molecule has 2 unspecified atom stereocenters. The standard InChI is InChI=1S/2C46H28O.C34H24O/c1-3-13-31-25-33(23-21-29(31)11-1)35-27-41(46-40-19-9-10-20-42(40)47-43(46)28-35)45-38-17-7-5-15-36(38)44(37-16-6-8-18-39(37)45)34-24-22-30-12-2-4-14-32(30)26-34;1-3-13-31-27-33(23-21-29(31)11-1)43-35-15-5-7-17-37(35)45(38-18-8-6-16-36(38)43)40-25-26-42-46(39-19-9-10-20-41(39)47-42)44(40)34-24-22-30-12-2-4-14-32(30)28-34;1-3-11-23(12-4-1)31-22-26(21-25-19-20-35-34(25)31)33-29-17-9-7-15-27(29)32(24-13-5-2-6-14-24)28-16-8-10-18-30(28)33/h2*1-28H;1-7,9-15,17-22H,8,16H2/i2*5D,6D,7D,8D,15D,16D,17D,18D;7D,8D,9D,10D,15D,16D,17D,18D. The lowest BCUT2D eigenvalue weighted by molar-refractivity contribution is 0.617. The lowest BCUT2D eigenvalue weighted by Crippen LogP contribution is -2.02. The average molecular weight is 1670 g/mol. The van der Waals surface area contributed by atoms with E-state index >= 15 is 0 Å². The Labute approximate surface area is 778 Å². The van der Waals surface area contributed by atoms with Crippen LogP contribution in [0.3, 0.4) is 0 Å². The molecule has 0 N–H and O–H groups in total. The van der Waals surface area contributed by atoms with Gasteiger partial charge in [0.1, 0.15) is 27.9 Å². The lowest BCUT2D eigenvalue weighted by Gasteiger charge is -2.24. The zero-order chi connectivity index (χ0) is 106. The first kappa shape index (κ1) is 54.1. The first-order valence-corrected chi connectivity index (χ1v) is 42.5. The van der Waals surface area contributed by atoms with E-state index in [0.717, 1.165) is 92.5 Å². The molecule has 0 aliphatic heterocycles. The van der Waals surface area contributed by atoms with Gasteiger partial charge in [0.15, 0.2) is 0 Å². The number of furan rings is 3. The molecule has 129 heavy (non-hydrogen) atoms. The molecule has 0 amide bonds. The van der Waals surface area contributed by atoms with Gasteiger partial charge in [-0.25, -0.2) is 0 Å². The third-order valence-electron chi connectivity index (χ3n) is 25.0. The fourth-order valence-corrected chi connectivity index (χ4v) is 19.3. The molecular weight excluding hydrogens is 1560 g/mol. The lowest BCUT2D eigenvalue weighted by atomic mass is 9.80. The van der Waals surface area contributed by atoms with Crippen molar-refractivity contribution in [3.8, 4) is 100 Å². The number of fused-ring (bicyclic) bond motifs is 17. The molecule has 3 aromatic heterocycles. The van der Waals surface area contributed by atoms with Gasteiger partial charge in [0, 0.05) is 40.8 Å². The molecule has 1 aliphatic rings. The van der Waals surface area contributed by atoms with Gasteiger partial charge in [-0.15, -0.1) is 0 Å². The van der Waals surface area contributed by atoms with Gasteiger partial charge in [0.25, 0.3) is 0 Å². The Bertz CT molecular complexity index is 10400. The van der Waals surface area contributed by atoms with Crippen LogP contribution in [-0.4, -0.2) is 0 Å². The Morgan fingerprint density at radius 2 is 0.612 bits per heavy atom. The van der Waals surface area contributed by atoms with E-state index in [2.05, 4.69) is 12.1 Å². The first-order chi connectivity index (χ1) is 74.0. The topological polar surface area (TPSA) is 39.4 Å². The van der Waals surface area contributed by atoms with Crippen molar-refractivity contribution in [3.63, 3.8) is 0 Å². The molecule has 0 fully saturated rings. The zero-order valence-corrected chi connectivity index (χ0v) is 68.6. The summed E-state index contributed by atoms with van der Waals surface area (Å²) >= 11 is 0. The van der Waals surface area contributed by atoms with Crippen molar-refractivity contribution in [3.05, 3.63) is 466 Å². The molecule has 3 nitrogen and oxygen atoms in total. The summed E-state index contributed by atoms with van der Waals surface area (Å²) < 4.78 is 237. The summed E-state index contributed by atoms with van der Waals surface area (Å²) in [5, 5.41) is 13.4. The zero-order valence-electron chi connectivity index (χ0n) is 92.6. The minimum Gasteiger partial charge on any atom is -0.464 e. The van der Waals surface area contributed by atoms with E-state index in [1.54, 1.807) is 30.5 Å². The Morgan fingerprint density at radius 1 is 0.225 bits per heavy atom. The predicted molar refractivity (Wildman–Crippen MR) is 547 cm³/mol. The summed E-state index contributed by atoms with van der Waals surface area (Å²) in [5.74, 6) is 0. The minimum atomic E-state index is -1.33. The number of para-hydroxylation sites is 2. The van der Waals surface area contributed by atoms with E-state index in [0.29, 0.717) is 106 Å². The van der Waals surface area contributed by atoms with Gasteiger partial charge in [0.2, 0.25) is 0 Å². The number of allylic oxidation sites excluding steroid dienone is 1. The van der Waals surface area contributed by atoms with Gasteiger partial charge in [-0.2, -0.15) is 0 Å². The van der Waals surface area contributed by atoms with Gasteiger partial charge < -0.3 is 13.3 Å². The third-order valence-corrected chi connectivity index (χ3v) is 25.0. The molecule has 23 aromatic carbocycles. The SMILES string of the molecule is [2H]C1=C([2H])C([2H])C([2H])c2c1c(-c1cc(-c3ccccc3)c3occc3c1)c1c([2H])c([2H])c([2H])c([2H])c1c2-c1ccccc1.[2H]c1c([2H])c([2H])c2c(-c3cc(-c4ccc5ccccc5c4)cc4oc5ccccc5c34)c3c([2H])c([2H])c([2H])c([2H])c3c(-c3ccc4ccccc4c3)c2c1[2H].[2H]c1c([2H])c([2H])c2c(-c3ccc4oc5ccccc5c4c3-c3ccc4ccccc4c3)c3c([2H])c([2H])c([2H])c([2H])c3c(-c3ccc4ccccc4c3)c2c1[2H]. The van der Waals surface area contributed by atoms with Crippen molar-refractivity contribution in [2.24, 2.45) is 0 Å². The fourth-order valence-electron chi connectivity index (χ4n) is 19.3. The third kappa shape index (κ3) is 12.8. The molecule has 3 heterocycles. The smallest absolute Gasteiger partial charge is 0.141 e. The van der Waals surface area contributed by atoms with Crippen LogP contribution in [0, 0.1) is 0 Å². The van der Waals surface area contributed by atoms with Gasteiger partial charge >= 0.3 is 0 Å². The first-order valence-electron chi connectivity index (χ1n) is 54.7. The quantitative estimate of drug-likeness (QED) is 0.135. The van der Waals surface area contributed by atoms with Crippen molar-refractivity contribution in [1.82, 2.24) is 0 Å². The second-order valence-electron chi connectivity index (χ2n) is 32.2. The van der Waals surface area contributed by atoms with Crippen LogP contribution < -0.4 is 0 Å². The van der Waals surface area contributed by atoms with Crippen molar-refractivity contribution < 1.29 is 46.1 Å². The van der Waals surface area contributed by atoms with Crippen LogP contribution in [0.25, 0.3) is 258 Å². The van der Waals surface area contributed by atoms with Gasteiger partial charge in [-0.3, -0.25) is 0 Å². The van der Waals surface area contributed by atoms with Crippen molar-refractivity contribution >= 4 is 158 Å². The maximum Gasteiger partial charge on any atom is 0.141 e. The molecule has 2 atom stereocenters. The second-order valence-corrected chi connectivity index (χ2v) is 32.2. The summed E-state index contributed by atoms with van der Waals surface area (Å²) in [6.07, 6.45) is -1.01. The van der Waals surface area contributed by atoms with E-state index in [9.17, 15) is 12.3 Å². The number of hydrogen-bond acceptors (Lipinski definition) is 3. The van der Waals surface area contributed by atoms with E-state index < -0.39 is 73.2 Å². The molecule has 0 bridgehead atoms. The molecule has 0 saturated heterocycles. The van der Waals surface area contributed by atoms with Gasteiger partial charge in [-0.1, -0.05) is 376 Å². The predicted octanol–water partition coefficient (Wildman–Crippen LogP) is 35.9. The monoisotopic (exact) mass is 1660 g/mol. The highest BCUT2D eigenvalue weighted by Gasteiger charge is 2.28. The molecule has 1 aliphatic carbocycles. The number of benzene rings is 23. The molecule has 0 spiro atoms. The van der Waals surface area contributed by atoms with Crippen molar-refractivity contribution in [2.45, 2.75) is 12.8 Å². The Kier molecular flexibility index (Phi) is 13.1. The Balaban J connectivity index is 0.000000119. The highest BCUT2D eigenvalue weighted by atomic mass is 16.3. The summed E-state index contributed by atoms with van der Waals surface area (Å²) in [4.78, 5) is 0. The van der Waals surface area contributed by atoms with E-state index in [-0.39, 0.29) is 138 Å². The molecule has 0 saturated carbocycles. The average Bonchev–Trinajstić information content (AvgIpc) is 1.09. The minimum absolute atomic E-state index is 0.161. The molecular formula is C126H80O3. The molecule has 27 rings (SSSR count). The molecule has 3 heteroatoms. The molecule has 0 radical (unpaired) electrons. The maximum absolute atomic E-state index is 9.55. The van der Waals surface area contributed by atoms with Crippen LogP contribution in [0.1, 0.15) is 50.4 Å². The fraction of sp³-hybridized carbons (Fsp3) is 0.0159. The summed E-state index contributed by atoms with van der Waals surface area (Å²) in [5.41, 5.74) is 13.8. The maximum atomic E-state index is 9.55. The highest BCUT2D eigenvalue weighted by molar-refractivity contribution is 6.29. The van der Waals surface area contributed by atoms with E-state index in [4.69, 9.17) is 33.8 Å². The Hall–Kier alpha value is -16.7. The number of hydrogen-bond donors (Lipinski definition) is 0. The summed E-state index contributed by atoms with van der Waals surface area (Å²) in [7, 11) is 0. The molecule has 26 aromatic rings. The van der Waals surface area contributed by atoms with Gasteiger partial charge in [0.05, 0.1) is 36.4 Å². The van der Waals surface area contributed by atoms with Crippen LogP contribution in [0.4, 0.5) is 0 Å². The van der Waals surface area contributed by atoms with E-state index in [1.165, 1.54) is 0 Å². The normalized spacial score (nSPS) is 16.0. The largest absolute Gasteiger partial charge is 0.464 e. The van der Waals surface area contributed by atoms with Crippen LogP contribution in [0.2, 0.25) is 0 Å². The van der Waals surface area contributed by atoms with Crippen LogP contribution in [0.5, 0.6) is 0 Å². The second kappa shape index (κ2) is 31.2. The summed E-state index contributed by atoms with van der Waals surface area (Å²) in [6.45, 7) is 0. The van der Waals surface area contributed by atoms with Crippen LogP contribution in [-0.2, 0) is 6.40 Å². The van der Waals surface area contributed by atoms with Crippen LogP contribution >= 0.6 is 0 Å². The molecule has 602 valence electrons.